The highest BCUT2D eigenvalue weighted by Gasteiger charge is 2.10. The summed E-state index contributed by atoms with van der Waals surface area (Å²) >= 11 is 0. The quantitative estimate of drug-likeness (QED) is 0.575. The van der Waals surface area contributed by atoms with Gasteiger partial charge in [-0.3, -0.25) is 4.90 Å². The molecule has 1 aliphatic heterocycles. The lowest BCUT2D eigenvalue weighted by Gasteiger charge is -2.15. The van der Waals surface area contributed by atoms with E-state index in [1.54, 1.807) is 0 Å². The second-order valence-corrected chi connectivity index (χ2v) is 5.05. The van der Waals surface area contributed by atoms with Crippen molar-refractivity contribution < 1.29 is 9.47 Å². The van der Waals surface area contributed by atoms with Crippen molar-refractivity contribution in [2.75, 3.05) is 52.6 Å². The van der Waals surface area contributed by atoms with Gasteiger partial charge in [0.05, 0.1) is 26.4 Å². The van der Waals surface area contributed by atoms with Crippen LogP contribution in [0, 0.1) is 0 Å². The fraction of sp³-hybridized carbons (Fsp3) is 0.733. The number of rotatable bonds is 11. The van der Waals surface area contributed by atoms with Crippen LogP contribution < -0.4 is 5.32 Å². The normalized spacial score (nSPS) is 16.1. The van der Waals surface area contributed by atoms with Gasteiger partial charge >= 0.3 is 0 Å². The molecular weight excluding hydrogens is 240 g/mol. The number of nitrogens with one attached hydrogen (secondary N) is 1. The van der Waals surface area contributed by atoms with Crippen LogP contribution in [0.15, 0.2) is 24.3 Å². The molecule has 0 radical (unpaired) electrons. The predicted octanol–water partition coefficient (Wildman–Crippen LogP) is 1.45. The van der Waals surface area contributed by atoms with Crippen LogP contribution in [0.3, 0.4) is 0 Å². The Kier molecular flexibility index (Phi) is 8.75. The molecular formula is C15H28N2O2. The Bertz CT molecular complexity index is 277. The first-order valence-corrected chi connectivity index (χ1v) is 7.15. The second-order valence-electron chi connectivity index (χ2n) is 5.05. The topological polar surface area (TPSA) is 33.7 Å². The monoisotopic (exact) mass is 268 g/mol. The summed E-state index contributed by atoms with van der Waals surface area (Å²) < 4.78 is 11.0. The van der Waals surface area contributed by atoms with E-state index in [1.165, 1.54) is 5.57 Å². The van der Waals surface area contributed by atoms with Crippen molar-refractivity contribution in [1.29, 1.82) is 0 Å². The standard InChI is InChI=1S/C15H28N2O2/c1-4-15-5-7-17(13-15)8-10-19-12-11-18-9-6-16-14(2)3/h4-5,14,16H,1,6-13H2,2-3H3. The van der Waals surface area contributed by atoms with E-state index in [2.05, 4.69) is 36.7 Å². The van der Waals surface area contributed by atoms with E-state index in [4.69, 9.17) is 9.47 Å². The van der Waals surface area contributed by atoms with Crippen LogP contribution in [0.2, 0.25) is 0 Å². The van der Waals surface area contributed by atoms with Gasteiger partial charge in [-0.1, -0.05) is 32.6 Å². The third kappa shape index (κ3) is 8.16. The maximum atomic E-state index is 5.56. The van der Waals surface area contributed by atoms with E-state index >= 15 is 0 Å². The van der Waals surface area contributed by atoms with Gasteiger partial charge in [0.1, 0.15) is 0 Å². The maximum Gasteiger partial charge on any atom is 0.0701 e. The van der Waals surface area contributed by atoms with Crippen LogP contribution in [0.5, 0.6) is 0 Å². The van der Waals surface area contributed by atoms with Crippen LogP contribution >= 0.6 is 0 Å². The van der Waals surface area contributed by atoms with Crippen LogP contribution in [0.25, 0.3) is 0 Å². The molecule has 4 nitrogen and oxygen atoms in total. The van der Waals surface area contributed by atoms with Crippen LogP contribution in [0.1, 0.15) is 13.8 Å². The van der Waals surface area contributed by atoms with E-state index in [1.807, 2.05) is 6.08 Å². The SMILES string of the molecule is C=CC1=CCN(CCOCCOCCNC(C)C)C1. The van der Waals surface area contributed by atoms with E-state index in [-0.39, 0.29) is 0 Å². The minimum Gasteiger partial charge on any atom is -0.378 e. The Balaban J connectivity index is 1.81. The molecule has 0 atom stereocenters. The maximum absolute atomic E-state index is 5.56. The number of hydrogen-bond donors (Lipinski definition) is 1. The molecule has 0 aromatic carbocycles. The molecule has 0 saturated carbocycles. The van der Waals surface area contributed by atoms with Crippen LogP contribution in [0.4, 0.5) is 0 Å². The van der Waals surface area contributed by atoms with Gasteiger partial charge in [-0.2, -0.15) is 0 Å². The lowest BCUT2D eigenvalue weighted by Crippen LogP contribution is -2.27. The molecule has 0 aromatic rings. The molecule has 4 heteroatoms. The third-order valence-electron chi connectivity index (χ3n) is 3.00. The Morgan fingerprint density at radius 2 is 2.05 bits per heavy atom. The van der Waals surface area contributed by atoms with Gasteiger partial charge in [0.25, 0.3) is 0 Å². The Labute approximate surface area is 117 Å². The molecule has 1 heterocycles. The van der Waals surface area contributed by atoms with Crippen molar-refractivity contribution in [3.63, 3.8) is 0 Å². The Morgan fingerprint density at radius 1 is 1.32 bits per heavy atom. The molecule has 1 rings (SSSR count). The molecule has 1 aliphatic rings. The summed E-state index contributed by atoms with van der Waals surface area (Å²) in [5.74, 6) is 0. The predicted molar refractivity (Wildman–Crippen MR) is 79.5 cm³/mol. The smallest absolute Gasteiger partial charge is 0.0701 e. The van der Waals surface area contributed by atoms with Gasteiger partial charge in [0.15, 0.2) is 0 Å². The molecule has 0 aromatic heterocycles. The third-order valence-corrected chi connectivity index (χ3v) is 3.00. The summed E-state index contributed by atoms with van der Waals surface area (Å²) in [6.45, 7) is 14.8. The first-order chi connectivity index (χ1) is 9.22. The molecule has 0 bridgehead atoms. The van der Waals surface area contributed by atoms with Crippen molar-refractivity contribution in [2.45, 2.75) is 19.9 Å². The summed E-state index contributed by atoms with van der Waals surface area (Å²) in [4.78, 5) is 2.35. The molecule has 1 N–H and O–H groups in total. The van der Waals surface area contributed by atoms with Crippen molar-refractivity contribution >= 4 is 0 Å². The zero-order valence-corrected chi connectivity index (χ0v) is 12.4. The molecule has 110 valence electrons. The minimum atomic E-state index is 0.523. The highest BCUT2D eigenvalue weighted by atomic mass is 16.5. The van der Waals surface area contributed by atoms with Gasteiger partial charge in [-0.05, 0) is 5.57 Å². The Hall–Kier alpha value is -0.680. The fourth-order valence-corrected chi connectivity index (χ4v) is 1.89. The summed E-state index contributed by atoms with van der Waals surface area (Å²) in [5, 5.41) is 3.31. The van der Waals surface area contributed by atoms with Gasteiger partial charge in [0.2, 0.25) is 0 Å². The van der Waals surface area contributed by atoms with Crippen LogP contribution in [-0.2, 0) is 9.47 Å². The zero-order chi connectivity index (χ0) is 13.9. The summed E-state index contributed by atoms with van der Waals surface area (Å²) in [6, 6.07) is 0.523. The van der Waals surface area contributed by atoms with E-state index < -0.39 is 0 Å². The molecule has 0 spiro atoms. The molecule has 19 heavy (non-hydrogen) atoms. The molecule has 0 aliphatic carbocycles. The van der Waals surface area contributed by atoms with E-state index in [0.717, 1.165) is 39.4 Å². The second kappa shape index (κ2) is 10.1. The number of hydrogen-bond acceptors (Lipinski definition) is 4. The first kappa shape index (κ1) is 16.4. The number of nitrogens with zero attached hydrogens (tertiary/aromatic N) is 1. The van der Waals surface area contributed by atoms with Crippen molar-refractivity contribution in [3.8, 4) is 0 Å². The fourth-order valence-electron chi connectivity index (χ4n) is 1.89. The number of ether oxygens (including phenoxy) is 2. The Morgan fingerprint density at radius 3 is 2.68 bits per heavy atom. The van der Waals surface area contributed by atoms with Crippen molar-refractivity contribution in [1.82, 2.24) is 10.2 Å². The van der Waals surface area contributed by atoms with Gasteiger partial charge < -0.3 is 14.8 Å². The minimum absolute atomic E-state index is 0.523. The van der Waals surface area contributed by atoms with Gasteiger partial charge in [-0.15, -0.1) is 0 Å². The zero-order valence-electron chi connectivity index (χ0n) is 12.4. The van der Waals surface area contributed by atoms with Crippen molar-refractivity contribution in [2.24, 2.45) is 0 Å². The summed E-state index contributed by atoms with van der Waals surface area (Å²) in [5.41, 5.74) is 1.32. The largest absolute Gasteiger partial charge is 0.378 e. The molecule has 0 unspecified atom stereocenters. The average Bonchev–Trinajstić information content (AvgIpc) is 2.84. The molecule has 0 fully saturated rings. The lowest BCUT2D eigenvalue weighted by molar-refractivity contribution is 0.0417. The van der Waals surface area contributed by atoms with Gasteiger partial charge in [0, 0.05) is 32.2 Å². The van der Waals surface area contributed by atoms with Gasteiger partial charge in [-0.25, -0.2) is 0 Å². The first-order valence-electron chi connectivity index (χ1n) is 7.15. The average molecular weight is 268 g/mol. The van der Waals surface area contributed by atoms with Crippen molar-refractivity contribution in [3.05, 3.63) is 24.3 Å². The van der Waals surface area contributed by atoms with E-state index in [9.17, 15) is 0 Å². The van der Waals surface area contributed by atoms with E-state index in [0.29, 0.717) is 19.3 Å². The molecule has 0 saturated heterocycles. The highest BCUT2D eigenvalue weighted by Crippen LogP contribution is 2.08. The summed E-state index contributed by atoms with van der Waals surface area (Å²) in [6.07, 6.45) is 4.15. The molecule has 0 amide bonds. The summed E-state index contributed by atoms with van der Waals surface area (Å²) in [7, 11) is 0. The lowest BCUT2D eigenvalue weighted by atomic mass is 10.3. The highest BCUT2D eigenvalue weighted by molar-refractivity contribution is 5.22. The van der Waals surface area contributed by atoms with Crippen LogP contribution in [-0.4, -0.2) is 63.5 Å².